The van der Waals surface area contributed by atoms with Crippen LogP contribution in [0.15, 0.2) is 53.4 Å². The summed E-state index contributed by atoms with van der Waals surface area (Å²) in [6, 6.07) is 15.1. The topological polar surface area (TPSA) is 72.2 Å². The fourth-order valence-corrected chi connectivity index (χ4v) is 4.42. The summed E-state index contributed by atoms with van der Waals surface area (Å²) >= 11 is 0. The van der Waals surface area contributed by atoms with Gasteiger partial charge in [0.1, 0.15) is 0 Å². The summed E-state index contributed by atoms with van der Waals surface area (Å²) in [6.45, 7) is 6.14. The quantitative estimate of drug-likeness (QED) is 0.663. The van der Waals surface area contributed by atoms with Crippen molar-refractivity contribution in [2.24, 2.45) is 5.73 Å². The summed E-state index contributed by atoms with van der Waals surface area (Å²) in [5, 5.41) is 0. The zero-order valence-electron chi connectivity index (χ0n) is 16.3. The monoisotopic (exact) mass is 476 g/mol. The van der Waals surface area contributed by atoms with E-state index in [1.807, 2.05) is 6.92 Å². The van der Waals surface area contributed by atoms with E-state index in [-0.39, 0.29) is 31.6 Å². The fourth-order valence-electron chi connectivity index (χ4n) is 3.10. The number of benzene rings is 2. The Bertz CT molecular complexity index is 790. The first-order valence-corrected chi connectivity index (χ1v) is 10.6. The van der Waals surface area contributed by atoms with Gasteiger partial charge in [-0.3, -0.25) is 0 Å². The van der Waals surface area contributed by atoms with Crippen LogP contribution in [0.3, 0.4) is 0 Å². The second-order valence-corrected chi connectivity index (χ2v) is 8.86. The molecule has 0 amide bonds. The normalized spacial score (nSPS) is 19.4. The Morgan fingerprint density at radius 3 is 1.93 bits per heavy atom. The van der Waals surface area contributed by atoms with Crippen LogP contribution >= 0.6 is 0 Å². The summed E-state index contributed by atoms with van der Waals surface area (Å²) in [5.41, 5.74) is 9.68. The minimum Gasteiger partial charge on any atom is -0.326 e. The Labute approximate surface area is 176 Å². The van der Waals surface area contributed by atoms with Crippen LogP contribution in [0, 0.1) is 20.8 Å². The SMILES string of the molecule is Cc1ccc(S(=O)(=O)N[C@H]2CCCC[C@@H]2N)cc1.Cc1cccc(C)c1.[Ru]. The van der Waals surface area contributed by atoms with Crippen molar-refractivity contribution in [2.75, 3.05) is 0 Å². The molecule has 1 saturated carbocycles. The minimum absolute atomic E-state index is 0. The van der Waals surface area contributed by atoms with E-state index in [0.717, 1.165) is 31.2 Å². The summed E-state index contributed by atoms with van der Waals surface area (Å²) < 4.78 is 27.1. The van der Waals surface area contributed by atoms with Gasteiger partial charge in [-0.05, 0) is 45.7 Å². The molecule has 2 atom stereocenters. The number of hydrogen-bond acceptors (Lipinski definition) is 3. The maximum atomic E-state index is 12.2. The Balaban J connectivity index is 0.000000342. The number of sulfonamides is 1. The summed E-state index contributed by atoms with van der Waals surface area (Å²) in [4.78, 5) is 0.311. The molecule has 0 spiro atoms. The largest absolute Gasteiger partial charge is 0.326 e. The molecule has 4 nitrogen and oxygen atoms in total. The molecule has 150 valence electrons. The summed E-state index contributed by atoms with van der Waals surface area (Å²) in [5.74, 6) is 0. The smallest absolute Gasteiger partial charge is 0.240 e. The number of nitrogens with two attached hydrogens (primary N) is 1. The van der Waals surface area contributed by atoms with Crippen LogP contribution in [0.5, 0.6) is 0 Å². The molecule has 27 heavy (non-hydrogen) atoms. The van der Waals surface area contributed by atoms with E-state index in [0.29, 0.717) is 4.90 Å². The molecule has 1 aliphatic rings. The van der Waals surface area contributed by atoms with Gasteiger partial charge in [-0.1, -0.05) is 65.9 Å². The maximum Gasteiger partial charge on any atom is 0.240 e. The first-order chi connectivity index (χ1) is 12.3. The Morgan fingerprint density at radius 1 is 0.889 bits per heavy atom. The fraction of sp³-hybridized carbons (Fsp3) is 0.429. The van der Waals surface area contributed by atoms with Crippen LogP contribution in [0.1, 0.15) is 42.4 Å². The molecule has 0 heterocycles. The van der Waals surface area contributed by atoms with Gasteiger partial charge in [0.15, 0.2) is 0 Å². The van der Waals surface area contributed by atoms with Crippen molar-refractivity contribution >= 4 is 10.0 Å². The summed E-state index contributed by atoms with van der Waals surface area (Å²) in [7, 11) is -3.44. The van der Waals surface area contributed by atoms with E-state index < -0.39 is 10.0 Å². The van der Waals surface area contributed by atoms with Crippen LogP contribution in [0.25, 0.3) is 0 Å². The predicted molar refractivity (Wildman–Crippen MR) is 108 cm³/mol. The third kappa shape index (κ3) is 7.83. The van der Waals surface area contributed by atoms with Gasteiger partial charge in [0, 0.05) is 31.6 Å². The molecule has 0 radical (unpaired) electrons. The standard InChI is InChI=1S/C13H20N2O2S.C8H10.Ru/c1-10-6-8-11(9-7-10)18(16,17)15-13-5-3-2-4-12(13)14;1-7-4-3-5-8(2)6-7;/h6-9,12-13,15H,2-5,14H2,1H3;3-6H,1-2H3;/t12-,13-;;/m0../s1. The van der Waals surface area contributed by atoms with Crippen molar-refractivity contribution in [3.63, 3.8) is 0 Å². The van der Waals surface area contributed by atoms with Crippen LogP contribution in [0.2, 0.25) is 0 Å². The van der Waals surface area contributed by atoms with Crippen molar-refractivity contribution in [3.05, 3.63) is 65.2 Å². The Morgan fingerprint density at radius 2 is 1.44 bits per heavy atom. The number of nitrogens with one attached hydrogen (secondary N) is 1. The van der Waals surface area contributed by atoms with Crippen molar-refractivity contribution in [3.8, 4) is 0 Å². The van der Waals surface area contributed by atoms with Gasteiger partial charge >= 0.3 is 0 Å². The third-order valence-corrected chi connectivity index (χ3v) is 6.14. The van der Waals surface area contributed by atoms with Crippen LogP contribution in [-0.2, 0) is 29.5 Å². The Kier molecular flexibility index (Phi) is 9.82. The molecule has 2 aromatic rings. The van der Waals surface area contributed by atoms with Crippen molar-refractivity contribution in [2.45, 2.75) is 63.4 Å². The van der Waals surface area contributed by atoms with Gasteiger partial charge in [0.2, 0.25) is 10.0 Å². The molecule has 1 fully saturated rings. The average molecular weight is 476 g/mol. The van der Waals surface area contributed by atoms with Crippen LogP contribution < -0.4 is 10.5 Å². The first kappa shape index (κ1) is 24.0. The van der Waals surface area contributed by atoms with E-state index in [1.165, 1.54) is 11.1 Å². The van der Waals surface area contributed by atoms with E-state index in [4.69, 9.17) is 5.73 Å². The van der Waals surface area contributed by atoms with E-state index in [9.17, 15) is 8.42 Å². The molecule has 6 heteroatoms. The second kappa shape index (κ2) is 11.1. The van der Waals surface area contributed by atoms with Crippen LogP contribution in [-0.4, -0.2) is 20.5 Å². The summed E-state index contributed by atoms with van der Waals surface area (Å²) in [6.07, 6.45) is 3.84. The Hall–Kier alpha value is -1.07. The predicted octanol–water partition coefficient (Wildman–Crippen LogP) is 3.84. The molecule has 3 rings (SSSR count). The molecular weight excluding hydrogens is 445 g/mol. The van der Waals surface area contributed by atoms with Crippen molar-refractivity contribution < 1.29 is 27.9 Å². The molecule has 3 N–H and O–H groups in total. The van der Waals surface area contributed by atoms with Crippen molar-refractivity contribution in [1.29, 1.82) is 0 Å². The van der Waals surface area contributed by atoms with Crippen molar-refractivity contribution in [1.82, 2.24) is 4.72 Å². The molecular formula is C21H30N2O2RuS. The number of rotatable bonds is 3. The molecule has 0 bridgehead atoms. The molecule has 0 aliphatic heterocycles. The van der Waals surface area contributed by atoms with E-state index >= 15 is 0 Å². The van der Waals surface area contributed by atoms with Gasteiger partial charge in [-0.25, -0.2) is 13.1 Å². The van der Waals surface area contributed by atoms with E-state index in [2.05, 4.69) is 42.8 Å². The van der Waals surface area contributed by atoms with Crippen LogP contribution in [0.4, 0.5) is 0 Å². The minimum atomic E-state index is -3.44. The average Bonchev–Trinajstić information content (AvgIpc) is 2.57. The van der Waals surface area contributed by atoms with Gasteiger partial charge in [0.05, 0.1) is 4.90 Å². The second-order valence-electron chi connectivity index (χ2n) is 7.15. The third-order valence-electron chi connectivity index (χ3n) is 4.63. The molecule has 0 saturated heterocycles. The van der Waals surface area contributed by atoms with Gasteiger partial charge in [-0.15, -0.1) is 0 Å². The molecule has 2 aromatic carbocycles. The maximum absolute atomic E-state index is 12.2. The number of aryl methyl sites for hydroxylation is 3. The van der Waals surface area contributed by atoms with Gasteiger partial charge < -0.3 is 5.73 Å². The zero-order chi connectivity index (χ0) is 19.2. The first-order valence-electron chi connectivity index (χ1n) is 9.16. The van der Waals surface area contributed by atoms with E-state index in [1.54, 1.807) is 24.3 Å². The molecule has 1 aliphatic carbocycles. The van der Waals surface area contributed by atoms with Gasteiger partial charge in [0.25, 0.3) is 0 Å². The molecule has 0 unspecified atom stereocenters. The molecule has 0 aromatic heterocycles. The number of hydrogen-bond donors (Lipinski definition) is 2. The van der Waals surface area contributed by atoms with Gasteiger partial charge in [-0.2, -0.15) is 0 Å². The zero-order valence-corrected chi connectivity index (χ0v) is 18.8.